The maximum Gasteiger partial charge on any atom is 0.150 e. The Morgan fingerprint density at radius 1 is 1.35 bits per heavy atom. The Bertz CT molecular complexity index is 410. The molecule has 0 amide bonds. The van der Waals surface area contributed by atoms with Crippen LogP contribution in [0.3, 0.4) is 0 Å². The molecule has 118 valence electrons. The van der Waals surface area contributed by atoms with Gasteiger partial charge in [-0.05, 0) is 24.7 Å². The Morgan fingerprint density at radius 3 is 2.65 bits per heavy atom. The van der Waals surface area contributed by atoms with Gasteiger partial charge in [0.05, 0.1) is 11.5 Å². The van der Waals surface area contributed by atoms with E-state index in [1.807, 2.05) is 0 Å². The lowest BCUT2D eigenvalue weighted by molar-refractivity contribution is 0.0929. The SMILES string of the molecule is CCC(C)C1CN(CC2CCS(=O)(=O)C2)C(CC)CN1. The minimum atomic E-state index is -2.75. The lowest BCUT2D eigenvalue weighted by Gasteiger charge is -2.43. The number of nitrogens with one attached hydrogen (secondary N) is 1. The van der Waals surface area contributed by atoms with Crippen molar-refractivity contribution < 1.29 is 8.42 Å². The molecule has 1 N–H and O–H groups in total. The Hall–Kier alpha value is -0.130. The molecule has 4 nitrogen and oxygen atoms in total. The maximum absolute atomic E-state index is 11.6. The van der Waals surface area contributed by atoms with Crippen molar-refractivity contribution in [1.82, 2.24) is 10.2 Å². The molecule has 0 bridgehead atoms. The van der Waals surface area contributed by atoms with E-state index in [1.54, 1.807) is 0 Å². The summed E-state index contributed by atoms with van der Waals surface area (Å²) >= 11 is 0. The van der Waals surface area contributed by atoms with E-state index in [4.69, 9.17) is 0 Å². The highest BCUT2D eigenvalue weighted by molar-refractivity contribution is 7.91. The molecule has 0 radical (unpaired) electrons. The van der Waals surface area contributed by atoms with Crippen LogP contribution in [0.2, 0.25) is 0 Å². The Balaban J connectivity index is 1.95. The third-order valence-corrected chi connectivity index (χ3v) is 7.02. The number of rotatable bonds is 5. The third-order valence-electron chi connectivity index (χ3n) is 5.18. The second-order valence-corrected chi connectivity index (χ2v) is 8.91. The fraction of sp³-hybridized carbons (Fsp3) is 1.00. The van der Waals surface area contributed by atoms with Crippen LogP contribution in [0.1, 0.15) is 40.0 Å². The summed E-state index contributed by atoms with van der Waals surface area (Å²) in [4.78, 5) is 2.55. The van der Waals surface area contributed by atoms with Gasteiger partial charge >= 0.3 is 0 Å². The van der Waals surface area contributed by atoms with Crippen LogP contribution in [0, 0.1) is 11.8 Å². The Morgan fingerprint density at radius 2 is 2.10 bits per heavy atom. The first kappa shape index (κ1) is 16.2. The van der Waals surface area contributed by atoms with E-state index in [9.17, 15) is 8.42 Å². The van der Waals surface area contributed by atoms with E-state index in [2.05, 4.69) is 31.0 Å². The van der Waals surface area contributed by atoms with Gasteiger partial charge in [-0.1, -0.05) is 27.2 Å². The molecule has 2 fully saturated rings. The monoisotopic (exact) mass is 302 g/mol. The van der Waals surface area contributed by atoms with Gasteiger partial charge < -0.3 is 5.32 Å². The third kappa shape index (κ3) is 3.95. The quantitative estimate of drug-likeness (QED) is 0.836. The average Bonchev–Trinajstić information content (AvgIpc) is 2.77. The molecule has 2 saturated heterocycles. The smallest absolute Gasteiger partial charge is 0.150 e. The molecule has 2 rings (SSSR count). The van der Waals surface area contributed by atoms with Crippen molar-refractivity contribution in [2.24, 2.45) is 11.8 Å². The predicted octanol–water partition coefficient (Wildman–Crippen LogP) is 1.52. The Kier molecular flexibility index (Phi) is 5.49. The highest BCUT2D eigenvalue weighted by atomic mass is 32.2. The summed E-state index contributed by atoms with van der Waals surface area (Å²) in [5, 5.41) is 3.68. The van der Waals surface area contributed by atoms with Crippen molar-refractivity contribution in [3.63, 3.8) is 0 Å². The van der Waals surface area contributed by atoms with E-state index in [-0.39, 0.29) is 0 Å². The van der Waals surface area contributed by atoms with Crippen LogP contribution in [-0.4, -0.2) is 56.5 Å². The van der Waals surface area contributed by atoms with Crippen molar-refractivity contribution in [2.75, 3.05) is 31.1 Å². The van der Waals surface area contributed by atoms with Gasteiger partial charge in [-0.3, -0.25) is 4.90 Å². The second-order valence-electron chi connectivity index (χ2n) is 6.69. The first-order valence-electron chi connectivity index (χ1n) is 8.13. The van der Waals surface area contributed by atoms with Gasteiger partial charge in [-0.25, -0.2) is 8.42 Å². The zero-order valence-electron chi connectivity index (χ0n) is 13.1. The topological polar surface area (TPSA) is 49.4 Å². The number of hydrogen-bond acceptors (Lipinski definition) is 4. The summed E-state index contributed by atoms with van der Waals surface area (Å²) < 4.78 is 23.2. The lowest BCUT2D eigenvalue weighted by atomic mass is 9.94. The molecule has 0 aromatic carbocycles. The molecule has 0 spiro atoms. The lowest BCUT2D eigenvalue weighted by Crippen LogP contribution is -2.59. The fourth-order valence-electron chi connectivity index (χ4n) is 3.52. The summed E-state index contributed by atoms with van der Waals surface area (Å²) in [6, 6.07) is 1.12. The van der Waals surface area contributed by atoms with Gasteiger partial charge in [-0.15, -0.1) is 0 Å². The molecule has 0 aliphatic carbocycles. The number of sulfone groups is 1. The normalized spacial score (nSPS) is 36.0. The summed E-state index contributed by atoms with van der Waals surface area (Å²) in [6.45, 7) is 9.87. The first-order chi connectivity index (χ1) is 9.45. The van der Waals surface area contributed by atoms with Gasteiger partial charge in [-0.2, -0.15) is 0 Å². The molecule has 4 atom stereocenters. The first-order valence-corrected chi connectivity index (χ1v) is 9.95. The van der Waals surface area contributed by atoms with Crippen molar-refractivity contribution in [3.05, 3.63) is 0 Å². The Labute approximate surface area is 124 Å². The van der Waals surface area contributed by atoms with Crippen LogP contribution in [0.25, 0.3) is 0 Å². The highest BCUT2D eigenvalue weighted by Gasteiger charge is 2.34. The minimum absolute atomic E-state index is 0.352. The molecule has 0 saturated carbocycles. The predicted molar refractivity (Wildman–Crippen MR) is 83.7 cm³/mol. The van der Waals surface area contributed by atoms with E-state index in [0.717, 1.165) is 32.5 Å². The van der Waals surface area contributed by atoms with Crippen LogP contribution in [0.15, 0.2) is 0 Å². The summed E-state index contributed by atoms with van der Waals surface area (Å²) in [7, 11) is -2.75. The molecule has 0 aromatic heterocycles. The second kappa shape index (κ2) is 6.75. The largest absolute Gasteiger partial charge is 0.311 e. The molecule has 2 aliphatic heterocycles. The van der Waals surface area contributed by atoms with Crippen molar-refractivity contribution in [3.8, 4) is 0 Å². The zero-order valence-corrected chi connectivity index (χ0v) is 14.0. The molecular formula is C15H30N2O2S. The standard InChI is InChI=1S/C15H30N2O2S/c1-4-12(3)15-10-17(14(5-2)8-16-15)9-13-6-7-20(18,19)11-13/h12-16H,4-11H2,1-3H3. The van der Waals surface area contributed by atoms with Crippen LogP contribution in [0.5, 0.6) is 0 Å². The number of nitrogens with zero attached hydrogens (tertiary/aromatic N) is 1. The molecule has 2 aliphatic rings. The average molecular weight is 302 g/mol. The van der Waals surface area contributed by atoms with Gasteiger partial charge in [0.1, 0.15) is 0 Å². The molecule has 0 aromatic rings. The van der Waals surface area contributed by atoms with E-state index >= 15 is 0 Å². The minimum Gasteiger partial charge on any atom is -0.311 e. The molecule has 5 heteroatoms. The number of piperazine rings is 1. The van der Waals surface area contributed by atoms with E-state index in [1.165, 1.54) is 6.42 Å². The van der Waals surface area contributed by atoms with Crippen LogP contribution in [-0.2, 0) is 9.84 Å². The summed E-state index contributed by atoms with van der Waals surface area (Å²) in [6.07, 6.45) is 3.19. The van der Waals surface area contributed by atoms with Gasteiger partial charge in [0, 0.05) is 31.7 Å². The highest BCUT2D eigenvalue weighted by Crippen LogP contribution is 2.23. The van der Waals surface area contributed by atoms with Crippen molar-refractivity contribution in [2.45, 2.75) is 52.1 Å². The van der Waals surface area contributed by atoms with Crippen molar-refractivity contribution >= 4 is 9.84 Å². The van der Waals surface area contributed by atoms with Crippen LogP contribution in [0.4, 0.5) is 0 Å². The van der Waals surface area contributed by atoms with Crippen LogP contribution >= 0.6 is 0 Å². The van der Waals surface area contributed by atoms with Gasteiger partial charge in [0.25, 0.3) is 0 Å². The fourth-order valence-corrected chi connectivity index (χ4v) is 5.37. The maximum atomic E-state index is 11.6. The summed E-state index contributed by atoms with van der Waals surface area (Å²) in [5.41, 5.74) is 0. The zero-order chi connectivity index (χ0) is 14.8. The molecule has 2 heterocycles. The molecular weight excluding hydrogens is 272 g/mol. The van der Waals surface area contributed by atoms with E-state index in [0.29, 0.717) is 35.4 Å². The number of hydrogen-bond donors (Lipinski definition) is 1. The van der Waals surface area contributed by atoms with E-state index < -0.39 is 9.84 Å². The van der Waals surface area contributed by atoms with Gasteiger partial charge in [0.2, 0.25) is 0 Å². The molecule has 4 unspecified atom stereocenters. The van der Waals surface area contributed by atoms with Gasteiger partial charge in [0.15, 0.2) is 9.84 Å². The molecule has 20 heavy (non-hydrogen) atoms. The van der Waals surface area contributed by atoms with Crippen LogP contribution < -0.4 is 5.32 Å². The summed E-state index contributed by atoms with van der Waals surface area (Å²) in [5.74, 6) is 1.84. The van der Waals surface area contributed by atoms with Crippen molar-refractivity contribution in [1.29, 1.82) is 0 Å².